The summed E-state index contributed by atoms with van der Waals surface area (Å²) in [5.41, 5.74) is 2.65. The maximum absolute atomic E-state index is 13.1. The Balaban J connectivity index is 1.56. The average molecular weight is 411 g/mol. The van der Waals surface area contributed by atoms with Gasteiger partial charge >= 0.3 is 0 Å². The number of fused-ring (bicyclic) bond motifs is 1. The molecular formula is C22H26FN5O2. The van der Waals surface area contributed by atoms with Gasteiger partial charge in [-0.05, 0) is 37.0 Å². The summed E-state index contributed by atoms with van der Waals surface area (Å²) >= 11 is 0. The van der Waals surface area contributed by atoms with Crippen LogP contribution < -0.4 is 5.32 Å². The molecular weight excluding hydrogens is 385 g/mol. The SMILES string of the molecule is CNc1nc([C@H]2CCCN2C(C)=O)nc2c1CCN(C(=O)Cc1ccc(F)cc1)C2. The Hall–Kier alpha value is -3.03. The van der Waals surface area contributed by atoms with Crippen LogP contribution in [0, 0.1) is 5.82 Å². The van der Waals surface area contributed by atoms with Crippen molar-refractivity contribution in [2.45, 2.75) is 45.2 Å². The van der Waals surface area contributed by atoms with Crippen LogP contribution in [0.5, 0.6) is 0 Å². The number of benzene rings is 1. The second-order valence-electron chi connectivity index (χ2n) is 7.84. The molecule has 2 aliphatic heterocycles. The molecule has 30 heavy (non-hydrogen) atoms. The number of nitrogens with one attached hydrogen (secondary N) is 1. The van der Waals surface area contributed by atoms with Gasteiger partial charge in [0.15, 0.2) is 5.82 Å². The number of aromatic nitrogens is 2. The molecule has 1 N–H and O–H groups in total. The fourth-order valence-electron chi connectivity index (χ4n) is 4.32. The van der Waals surface area contributed by atoms with Gasteiger partial charge in [-0.2, -0.15) is 0 Å². The number of rotatable bonds is 4. The van der Waals surface area contributed by atoms with Crippen molar-refractivity contribution < 1.29 is 14.0 Å². The standard InChI is InChI=1S/C22H26FN5O2/c1-14(29)28-10-3-4-19(28)22-25-18-13-27(11-9-17(18)21(24-2)26-22)20(30)12-15-5-7-16(23)8-6-15/h5-8,19H,3-4,9-13H2,1-2H3,(H,24,25,26)/t19-/m1/s1. The van der Waals surface area contributed by atoms with E-state index in [4.69, 9.17) is 9.97 Å². The molecule has 2 aliphatic rings. The molecule has 1 saturated heterocycles. The molecule has 0 radical (unpaired) electrons. The predicted octanol–water partition coefficient (Wildman–Crippen LogP) is 2.47. The van der Waals surface area contributed by atoms with E-state index >= 15 is 0 Å². The van der Waals surface area contributed by atoms with Crippen molar-refractivity contribution in [2.75, 3.05) is 25.5 Å². The van der Waals surface area contributed by atoms with E-state index in [-0.39, 0.29) is 30.1 Å². The van der Waals surface area contributed by atoms with Crippen LogP contribution in [-0.2, 0) is 29.0 Å². The Kier molecular flexibility index (Phi) is 5.65. The van der Waals surface area contributed by atoms with Gasteiger partial charge in [-0.3, -0.25) is 9.59 Å². The summed E-state index contributed by atoms with van der Waals surface area (Å²) < 4.78 is 13.1. The van der Waals surface area contributed by atoms with Crippen LogP contribution in [0.1, 0.15) is 48.5 Å². The number of carbonyl (C=O) groups is 2. The number of carbonyl (C=O) groups excluding carboxylic acids is 2. The third-order valence-electron chi connectivity index (χ3n) is 5.90. The highest BCUT2D eigenvalue weighted by Crippen LogP contribution is 2.33. The van der Waals surface area contributed by atoms with Crippen LogP contribution >= 0.6 is 0 Å². The van der Waals surface area contributed by atoms with Crippen LogP contribution in [0.15, 0.2) is 24.3 Å². The molecule has 8 heteroatoms. The lowest BCUT2D eigenvalue weighted by Gasteiger charge is -2.30. The second-order valence-corrected chi connectivity index (χ2v) is 7.84. The highest BCUT2D eigenvalue weighted by atomic mass is 19.1. The van der Waals surface area contributed by atoms with Crippen molar-refractivity contribution >= 4 is 17.6 Å². The summed E-state index contributed by atoms with van der Waals surface area (Å²) in [4.78, 5) is 37.9. The monoisotopic (exact) mass is 411 g/mol. The maximum atomic E-state index is 13.1. The van der Waals surface area contributed by atoms with Crippen molar-refractivity contribution in [2.24, 2.45) is 0 Å². The van der Waals surface area contributed by atoms with E-state index in [1.807, 2.05) is 11.9 Å². The molecule has 2 amide bonds. The largest absolute Gasteiger partial charge is 0.373 e. The zero-order valence-corrected chi connectivity index (χ0v) is 17.3. The van der Waals surface area contributed by atoms with Crippen molar-refractivity contribution in [1.82, 2.24) is 19.8 Å². The van der Waals surface area contributed by atoms with E-state index in [1.165, 1.54) is 12.1 Å². The molecule has 2 aromatic rings. The van der Waals surface area contributed by atoms with Crippen molar-refractivity contribution in [3.8, 4) is 0 Å². The number of nitrogens with zero attached hydrogens (tertiary/aromatic N) is 4. The molecule has 1 atom stereocenters. The summed E-state index contributed by atoms with van der Waals surface area (Å²) in [6, 6.07) is 5.90. The van der Waals surface area contributed by atoms with Gasteiger partial charge in [-0.15, -0.1) is 0 Å². The van der Waals surface area contributed by atoms with Gasteiger partial charge in [0.2, 0.25) is 11.8 Å². The summed E-state index contributed by atoms with van der Waals surface area (Å²) in [6.07, 6.45) is 2.67. The van der Waals surface area contributed by atoms with Crippen LogP contribution in [0.4, 0.5) is 10.2 Å². The minimum atomic E-state index is -0.312. The Labute approximate surface area is 175 Å². The third-order valence-corrected chi connectivity index (χ3v) is 5.90. The van der Waals surface area contributed by atoms with Crippen LogP contribution in [0.25, 0.3) is 0 Å². The molecule has 1 aromatic heterocycles. The number of amides is 2. The number of likely N-dealkylation sites (tertiary alicyclic amines) is 1. The minimum absolute atomic E-state index is 0.00958. The summed E-state index contributed by atoms with van der Waals surface area (Å²) in [7, 11) is 1.83. The molecule has 0 saturated carbocycles. The highest BCUT2D eigenvalue weighted by Gasteiger charge is 2.32. The topological polar surface area (TPSA) is 78.4 Å². The van der Waals surface area contributed by atoms with Gasteiger partial charge in [-0.1, -0.05) is 12.1 Å². The smallest absolute Gasteiger partial charge is 0.227 e. The lowest BCUT2D eigenvalue weighted by atomic mass is 10.0. The lowest BCUT2D eigenvalue weighted by Crippen LogP contribution is -2.38. The highest BCUT2D eigenvalue weighted by molar-refractivity contribution is 5.79. The zero-order valence-electron chi connectivity index (χ0n) is 17.3. The molecule has 3 heterocycles. The quantitative estimate of drug-likeness (QED) is 0.836. The molecule has 0 spiro atoms. The maximum Gasteiger partial charge on any atom is 0.227 e. The van der Waals surface area contributed by atoms with Gasteiger partial charge in [0, 0.05) is 32.6 Å². The van der Waals surface area contributed by atoms with Gasteiger partial charge < -0.3 is 15.1 Å². The van der Waals surface area contributed by atoms with E-state index in [0.717, 1.165) is 42.0 Å². The third kappa shape index (κ3) is 3.99. The molecule has 0 aliphatic carbocycles. The van der Waals surface area contributed by atoms with E-state index in [1.54, 1.807) is 24.0 Å². The number of hydrogen-bond acceptors (Lipinski definition) is 5. The first-order valence-electron chi connectivity index (χ1n) is 10.3. The molecule has 4 rings (SSSR count). The lowest BCUT2D eigenvalue weighted by molar-refractivity contribution is -0.131. The van der Waals surface area contributed by atoms with E-state index in [9.17, 15) is 14.0 Å². The summed E-state index contributed by atoms with van der Waals surface area (Å²) in [5, 5.41) is 3.16. The van der Waals surface area contributed by atoms with Crippen LogP contribution in [0.3, 0.4) is 0 Å². The van der Waals surface area contributed by atoms with Crippen molar-refractivity contribution in [3.05, 3.63) is 52.7 Å². The Morgan fingerprint density at radius 1 is 1.20 bits per heavy atom. The van der Waals surface area contributed by atoms with Crippen LogP contribution in [0.2, 0.25) is 0 Å². The molecule has 7 nitrogen and oxygen atoms in total. The van der Waals surface area contributed by atoms with Gasteiger partial charge in [0.25, 0.3) is 0 Å². The predicted molar refractivity (Wildman–Crippen MR) is 110 cm³/mol. The second kappa shape index (κ2) is 8.38. The Bertz CT molecular complexity index is 963. The fourth-order valence-corrected chi connectivity index (χ4v) is 4.32. The number of hydrogen-bond donors (Lipinski definition) is 1. The normalized spacial score (nSPS) is 18.3. The van der Waals surface area contributed by atoms with Gasteiger partial charge in [0.1, 0.15) is 11.6 Å². The molecule has 1 fully saturated rings. The first-order chi connectivity index (χ1) is 14.5. The van der Waals surface area contributed by atoms with Crippen LogP contribution in [-0.4, -0.2) is 51.7 Å². The summed E-state index contributed by atoms with van der Waals surface area (Å²) in [6.45, 7) is 3.29. The first kappa shape index (κ1) is 20.3. The Morgan fingerprint density at radius 2 is 1.97 bits per heavy atom. The number of halogens is 1. The molecule has 0 bridgehead atoms. The van der Waals surface area contributed by atoms with E-state index in [2.05, 4.69) is 5.32 Å². The minimum Gasteiger partial charge on any atom is -0.373 e. The van der Waals surface area contributed by atoms with Gasteiger partial charge in [-0.25, -0.2) is 14.4 Å². The average Bonchev–Trinajstić information content (AvgIpc) is 3.24. The first-order valence-corrected chi connectivity index (χ1v) is 10.3. The summed E-state index contributed by atoms with van der Waals surface area (Å²) in [5.74, 6) is 1.12. The number of anilines is 1. The van der Waals surface area contributed by atoms with E-state index < -0.39 is 0 Å². The van der Waals surface area contributed by atoms with Gasteiger partial charge in [0.05, 0.1) is 24.7 Å². The zero-order chi connectivity index (χ0) is 21.3. The van der Waals surface area contributed by atoms with Crippen molar-refractivity contribution in [1.29, 1.82) is 0 Å². The molecule has 0 unspecified atom stereocenters. The molecule has 1 aromatic carbocycles. The molecule has 158 valence electrons. The van der Waals surface area contributed by atoms with Crippen molar-refractivity contribution in [3.63, 3.8) is 0 Å². The Morgan fingerprint density at radius 3 is 2.67 bits per heavy atom. The van der Waals surface area contributed by atoms with E-state index in [0.29, 0.717) is 25.3 Å². The fraction of sp³-hybridized carbons (Fsp3) is 0.455.